The third kappa shape index (κ3) is 6.90. The van der Waals surface area contributed by atoms with E-state index in [4.69, 9.17) is 16.2 Å². The standard InChI is InChI=1S/C19H30N2O3S.C9H11NO.C2H6.CH4/c1-12-8-9-16-15(10-12)17(4,5)19(21,11-13(2)24-16)25(22,23)18(6,7)14(3)20;1-6-4-7(2)9(8(3)11)10-5-6;1-2;/h8-10,13H,3,11,20-21H2,1-2,4-7H3;4-5H,1-3H3;1-2H3;1H4/t13-,19?;;;/m0.../s1. The molecule has 220 valence electrons. The number of ketones is 1. The number of ether oxygens (including phenoxy) is 1. The van der Waals surface area contributed by atoms with Crippen LogP contribution in [0.1, 0.15) is 102 Å². The topological polar surface area (TPSA) is 125 Å². The zero-order valence-corrected chi connectivity index (χ0v) is 25.8. The van der Waals surface area contributed by atoms with E-state index < -0.39 is 24.9 Å². The Labute approximate surface area is 237 Å². The fraction of sp³-hybridized carbons (Fsp3) is 0.548. The average Bonchev–Trinajstić information content (AvgIpc) is 2.88. The third-order valence-corrected chi connectivity index (χ3v) is 10.5. The van der Waals surface area contributed by atoms with Crippen molar-refractivity contribution in [2.45, 2.75) is 111 Å². The molecule has 2 aromatic rings. The number of aryl methyl sites for hydroxylation is 3. The molecule has 0 fully saturated rings. The largest absolute Gasteiger partial charge is 0.490 e. The number of sulfone groups is 1. The summed E-state index contributed by atoms with van der Waals surface area (Å²) in [6.07, 6.45) is 1.51. The maximum Gasteiger partial charge on any atom is 0.180 e. The van der Waals surface area contributed by atoms with Gasteiger partial charge in [-0.05, 0) is 58.7 Å². The van der Waals surface area contributed by atoms with Gasteiger partial charge >= 0.3 is 0 Å². The third-order valence-electron chi connectivity index (χ3n) is 7.26. The fourth-order valence-corrected chi connectivity index (χ4v) is 7.05. The highest BCUT2D eigenvalue weighted by atomic mass is 32.2. The van der Waals surface area contributed by atoms with Crippen LogP contribution in [0.3, 0.4) is 0 Å². The van der Waals surface area contributed by atoms with Crippen molar-refractivity contribution in [1.82, 2.24) is 4.98 Å². The summed E-state index contributed by atoms with van der Waals surface area (Å²) < 4.78 is 32.0. The lowest BCUT2D eigenvalue weighted by molar-refractivity contribution is 0.101. The lowest BCUT2D eigenvalue weighted by atomic mass is 9.75. The van der Waals surface area contributed by atoms with E-state index >= 15 is 0 Å². The molecule has 8 heteroatoms. The summed E-state index contributed by atoms with van der Waals surface area (Å²) in [4.78, 5) is 13.4. The number of fused-ring (bicyclic) bond motifs is 1. The first kappa shape index (κ1) is 36.3. The molecule has 2 atom stereocenters. The predicted molar refractivity (Wildman–Crippen MR) is 164 cm³/mol. The number of aromatic nitrogens is 1. The van der Waals surface area contributed by atoms with Crippen LogP contribution < -0.4 is 16.2 Å². The van der Waals surface area contributed by atoms with E-state index in [0.717, 1.165) is 22.3 Å². The monoisotopic (exact) mass is 561 g/mol. The highest BCUT2D eigenvalue weighted by molar-refractivity contribution is 7.94. The number of carbonyl (C=O) groups is 1. The van der Waals surface area contributed by atoms with Crippen molar-refractivity contribution in [3.8, 4) is 5.75 Å². The molecule has 1 aromatic carbocycles. The van der Waals surface area contributed by atoms with Crippen LogP contribution >= 0.6 is 0 Å². The summed E-state index contributed by atoms with van der Waals surface area (Å²) in [5.74, 6) is 0.706. The molecule has 0 saturated heterocycles. The molecule has 0 amide bonds. The Hall–Kier alpha value is -2.71. The Morgan fingerprint density at radius 3 is 2.13 bits per heavy atom. The molecule has 3 rings (SSSR count). The van der Waals surface area contributed by atoms with Crippen LogP contribution in [0.5, 0.6) is 5.75 Å². The van der Waals surface area contributed by atoms with Gasteiger partial charge in [-0.25, -0.2) is 8.42 Å². The van der Waals surface area contributed by atoms with Gasteiger partial charge in [-0.2, -0.15) is 0 Å². The van der Waals surface area contributed by atoms with Crippen molar-refractivity contribution >= 4 is 15.6 Å². The quantitative estimate of drug-likeness (QED) is 0.418. The minimum Gasteiger partial charge on any atom is -0.490 e. The number of carbonyl (C=O) groups excluding carboxylic acids is 1. The first-order chi connectivity index (χ1) is 17.3. The highest BCUT2D eigenvalue weighted by Gasteiger charge is 2.60. The van der Waals surface area contributed by atoms with Crippen LogP contribution in [0.2, 0.25) is 0 Å². The van der Waals surface area contributed by atoms with Gasteiger partial charge in [0.05, 0.1) is 6.10 Å². The van der Waals surface area contributed by atoms with Gasteiger partial charge in [0, 0.05) is 36.2 Å². The van der Waals surface area contributed by atoms with Crippen LogP contribution in [-0.4, -0.2) is 34.9 Å². The summed E-state index contributed by atoms with van der Waals surface area (Å²) in [6.45, 7) is 23.7. The Kier molecular flexibility index (Phi) is 12.2. The Morgan fingerprint density at radius 2 is 1.67 bits per heavy atom. The summed E-state index contributed by atoms with van der Waals surface area (Å²) in [5.41, 5.74) is 16.2. The zero-order valence-electron chi connectivity index (χ0n) is 25.0. The van der Waals surface area contributed by atoms with E-state index in [1.54, 1.807) is 20.0 Å². The van der Waals surface area contributed by atoms with Crippen molar-refractivity contribution in [2.75, 3.05) is 0 Å². The number of pyridine rings is 1. The fourth-order valence-electron chi connectivity index (χ4n) is 4.56. The van der Waals surface area contributed by atoms with E-state index in [9.17, 15) is 13.2 Å². The van der Waals surface area contributed by atoms with Gasteiger partial charge in [0.15, 0.2) is 15.6 Å². The second-order valence-corrected chi connectivity index (χ2v) is 13.7. The van der Waals surface area contributed by atoms with Crippen molar-refractivity contribution < 1.29 is 17.9 Å². The van der Waals surface area contributed by atoms with E-state index in [2.05, 4.69) is 11.6 Å². The predicted octanol–water partition coefficient (Wildman–Crippen LogP) is 6.33. The molecule has 1 aromatic heterocycles. The smallest absolute Gasteiger partial charge is 0.180 e. The summed E-state index contributed by atoms with van der Waals surface area (Å²) >= 11 is 0. The number of rotatable bonds is 4. The number of nitrogens with zero attached hydrogens (tertiary/aromatic N) is 1. The molecule has 1 aliphatic rings. The molecular formula is C31H51N3O4S. The molecule has 0 saturated carbocycles. The maximum atomic E-state index is 13.7. The van der Waals surface area contributed by atoms with Crippen molar-refractivity contribution in [3.05, 3.63) is 70.7 Å². The first-order valence-electron chi connectivity index (χ1n) is 13.0. The molecule has 0 aliphatic carbocycles. The maximum absolute atomic E-state index is 13.7. The molecule has 4 N–H and O–H groups in total. The molecular weight excluding hydrogens is 510 g/mol. The van der Waals surface area contributed by atoms with Gasteiger partial charge in [-0.3, -0.25) is 9.78 Å². The van der Waals surface area contributed by atoms with Gasteiger partial charge < -0.3 is 16.2 Å². The molecule has 2 heterocycles. The molecule has 1 unspecified atom stereocenters. The summed E-state index contributed by atoms with van der Waals surface area (Å²) in [6, 6.07) is 7.75. The minimum absolute atomic E-state index is 0. The number of benzene rings is 1. The highest BCUT2D eigenvalue weighted by Crippen LogP contribution is 2.50. The van der Waals surface area contributed by atoms with Crippen LogP contribution in [0.4, 0.5) is 0 Å². The molecule has 39 heavy (non-hydrogen) atoms. The molecule has 7 nitrogen and oxygen atoms in total. The molecule has 0 spiro atoms. The van der Waals surface area contributed by atoms with Crippen LogP contribution in [0, 0.1) is 20.8 Å². The second kappa shape index (κ2) is 13.1. The van der Waals surface area contributed by atoms with E-state index in [-0.39, 0.29) is 31.4 Å². The van der Waals surface area contributed by atoms with Gasteiger partial charge in [-0.1, -0.05) is 65.5 Å². The van der Waals surface area contributed by atoms with E-state index in [1.807, 2.05) is 79.7 Å². The zero-order chi connectivity index (χ0) is 29.9. The normalized spacial score (nSPS) is 19.7. The van der Waals surface area contributed by atoms with Gasteiger partial charge in [0.2, 0.25) is 0 Å². The first-order valence-corrected chi connectivity index (χ1v) is 14.5. The molecule has 1 aliphatic heterocycles. The van der Waals surface area contributed by atoms with E-state index in [0.29, 0.717) is 11.4 Å². The van der Waals surface area contributed by atoms with Gasteiger partial charge in [0.25, 0.3) is 0 Å². The Balaban J connectivity index is 0.000000865. The lowest BCUT2D eigenvalue weighted by Crippen LogP contribution is -2.66. The Morgan fingerprint density at radius 1 is 1.13 bits per heavy atom. The minimum atomic E-state index is -3.91. The second-order valence-electron chi connectivity index (χ2n) is 10.9. The number of Topliss-reactive ketones (excluding diaryl/α,β-unsaturated/α-hetero) is 1. The SMILES string of the molecule is C.C=C(N)C(C)(C)S(=O)(=O)C1(N)C[C@H](C)Oc2ccc(C)cc2C1(C)C.CC.CC(=O)c1ncc(C)cc1C. The number of hydrogen-bond acceptors (Lipinski definition) is 7. The summed E-state index contributed by atoms with van der Waals surface area (Å²) in [5, 5.41) is 0. The van der Waals surface area contributed by atoms with Crippen molar-refractivity contribution in [2.24, 2.45) is 11.5 Å². The van der Waals surface area contributed by atoms with Crippen LogP contribution in [0.25, 0.3) is 0 Å². The van der Waals surface area contributed by atoms with Crippen LogP contribution in [0.15, 0.2) is 42.7 Å². The number of nitrogens with two attached hydrogens (primary N) is 2. The van der Waals surface area contributed by atoms with E-state index in [1.165, 1.54) is 6.92 Å². The van der Waals surface area contributed by atoms with Gasteiger partial charge in [0.1, 0.15) is 21.1 Å². The van der Waals surface area contributed by atoms with Crippen molar-refractivity contribution in [1.29, 1.82) is 0 Å². The summed E-state index contributed by atoms with van der Waals surface area (Å²) in [7, 11) is -3.91. The number of hydrogen-bond donors (Lipinski definition) is 2. The van der Waals surface area contributed by atoms with Crippen LogP contribution in [-0.2, 0) is 15.3 Å². The van der Waals surface area contributed by atoms with Gasteiger partial charge in [-0.15, -0.1) is 0 Å². The molecule has 0 bridgehead atoms. The average molecular weight is 562 g/mol. The molecule has 0 radical (unpaired) electrons. The van der Waals surface area contributed by atoms with Crippen molar-refractivity contribution in [3.63, 3.8) is 0 Å². The lowest BCUT2D eigenvalue weighted by Gasteiger charge is -2.46. The Bertz CT molecular complexity index is 1280.